The predicted molar refractivity (Wildman–Crippen MR) is 60.8 cm³/mol. The van der Waals surface area contributed by atoms with Crippen LogP contribution in [0, 0.1) is 0 Å². The van der Waals surface area contributed by atoms with Crippen molar-refractivity contribution in [2.45, 2.75) is 13.0 Å². The van der Waals surface area contributed by atoms with Gasteiger partial charge in [0.15, 0.2) is 0 Å². The standard InChI is InChI=1S/C11H12ClNO3/c1-7(10(12)14)13-11(15)8-4-3-5-9(6-8)16-2/h3-7H,1-2H3,(H,13,15). The minimum absolute atomic E-state index is 0.361. The van der Waals surface area contributed by atoms with Crippen molar-refractivity contribution >= 4 is 22.8 Å². The molecule has 1 aromatic carbocycles. The monoisotopic (exact) mass is 241 g/mol. The van der Waals surface area contributed by atoms with Gasteiger partial charge in [0.25, 0.3) is 5.91 Å². The second-order valence-corrected chi connectivity index (χ2v) is 3.60. The zero-order valence-electron chi connectivity index (χ0n) is 8.99. The minimum Gasteiger partial charge on any atom is -0.497 e. The Morgan fingerprint density at radius 2 is 2.12 bits per heavy atom. The molecule has 1 unspecified atom stereocenters. The van der Waals surface area contributed by atoms with Crippen LogP contribution < -0.4 is 10.1 Å². The maximum atomic E-state index is 11.7. The van der Waals surface area contributed by atoms with Gasteiger partial charge in [-0.15, -0.1) is 0 Å². The van der Waals surface area contributed by atoms with Gasteiger partial charge in [-0.05, 0) is 36.7 Å². The van der Waals surface area contributed by atoms with Crippen LogP contribution in [0.25, 0.3) is 0 Å². The Kier molecular flexibility index (Phi) is 4.31. The van der Waals surface area contributed by atoms with E-state index in [1.165, 1.54) is 14.0 Å². The molecule has 4 nitrogen and oxygen atoms in total. The summed E-state index contributed by atoms with van der Waals surface area (Å²) in [6.07, 6.45) is 0. The Morgan fingerprint density at radius 1 is 1.44 bits per heavy atom. The molecule has 1 aromatic rings. The average molecular weight is 242 g/mol. The van der Waals surface area contributed by atoms with E-state index in [1.807, 2.05) is 0 Å². The van der Waals surface area contributed by atoms with Crippen LogP contribution in [0.2, 0.25) is 0 Å². The summed E-state index contributed by atoms with van der Waals surface area (Å²) >= 11 is 5.24. The Morgan fingerprint density at radius 3 is 2.69 bits per heavy atom. The van der Waals surface area contributed by atoms with Crippen LogP contribution in [0.15, 0.2) is 24.3 Å². The molecule has 1 atom stereocenters. The third-order valence-electron chi connectivity index (χ3n) is 2.02. The highest BCUT2D eigenvalue weighted by molar-refractivity contribution is 6.64. The molecule has 1 amide bonds. The van der Waals surface area contributed by atoms with Gasteiger partial charge in [0.2, 0.25) is 5.24 Å². The van der Waals surface area contributed by atoms with Crippen LogP contribution in [0.3, 0.4) is 0 Å². The van der Waals surface area contributed by atoms with E-state index in [4.69, 9.17) is 16.3 Å². The number of halogens is 1. The Bertz CT molecular complexity index is 406. The SMILES string of the molecule is COc1cccc(C(=O)NC(C)C(=O)Cl)c1. The predicted octanol–water partition coefficient (Wildman–Crippen LogP) is 1.58. The summed E-state index contributed by atoms with van der Waals surface area (Å²) in [6, 6.07) is 5.93. The van der Waals surface area contributed by atoms with Crippen molar-refractivity contribution < 1.29 is 14.3 Å². The first-order chi connectivity index (χ1) is 7.54. The molecule has 5 heteroatoms. The van der Waals surface area contributed by atoms with E-state index in [2.05, 4.69) is 5.32 Å². The van der Waals surface area contributed by atoms with E-state index in [0.29, 0.717) is 11.3 Å². The van der Waals surface area contributed by atoms with Gasteiger partial charge in [-0.1, -0.05) is 6.07 Å². The summed E-state index contributed by atoms with van der Waals surface area (Å²) in [5, 5.41) is 1.87. The molecule has 1 N–H and O–H groups in total. The van der Waals surface area contributed by atoms with Crippen molar-refractivity contribution in [2.24, 2.45) is 0 Å². The van der Waals surface area contributed by atoms with E-state index < -0.39 is 11.3 Å². The van der Waals surface area contributed by atoms with Gasteiger partial charge in [-0.25, -0.2) is 0 Å². The first-order valence-electron chi connectivity index (χ1n) is 4.69. The second-order valence-electron chi connectivity index (χ2n) is 3.23. The van der Waals surface area contributed by atoms with Crippen molar-refractivity contribution in [3.8, 4) is 5.75 Å². The van der Waals surface area contributed by atoms with Crippen LogP contribution in [-0.2, 0) is 4.79 Å². The van der Waals surface area contributed by atoms with Gasteiger partial charge in [0.1, 0.15) is 11.8 Å². The van der Waals surface area contributed by atoms with Crippen molar-refractivity contribution in [1.82, 2.24) is 5.32 Å². The maximum Gasteiger partial charge on any atom is 0.252 e. The number of amides is 1. The highest BCUT2D eigenvalue weighted by Crippen LogP contribution is 2.12. The molecule has 0 heterocycles. The highest BCUT2D eigenvalue weighted by Gasteiger charge is 2.14. The molecule has 0 aliphatic carbocycles. The Labute approximate surface area is 98.5 Å². The van der Waals surface area contributed by atoms with E-state index in [-0.39, 0.29) is 5.91 Å². The molecule has 0 aromatic heterocycles. The molecule has 0 aliphatic rings. The van der Waals surface area contributed by atoms with Crippen molar-refractivity contribution in [3.05, 3.63) is 29.8 Å². The van der Waals surface area contributed by atoms with Gasteiger partial charge in [-0.2, -0.15) is 0 Å². The van der Waals surface area contributed by atoms with Crippen molar-refractivity contribution in [3.63, 3.8) is 0 Å². The number of carbonyl (C=O) groups is 2. The largest absolute Gasteiger partial charge is 0.497 e. The number of hydrogen-bond acceptors (Lipinski definition) is 3. The van der Waals surface area contributed by atoms with Crippen molar-refractivity contribution in [2.75, 3.05) is 7.11 Å². The van der Waals surface area contributed by atoms with Gasteiger partial charge in [-0.3, -0.25) is 9.59 Å². The van der Waals surface area contributed by atoms with Gasteiger partial charge < -0.3 is 10.1 Å². The quantitative estimate of drug-likeness (QED) is 0.815. The van der Waals surface area contributed by atoms with Crippen LogP contribution in [0.4, 0.5) is 0 Å². The third kappa shape index (κ3) is 3.24. The maximum absolute atomic E-state index is 11.7. The lowest BCUT2D eigenvalue weighted by molar-refractivity contribution is -0.113. The smallest absolute Gasteiger partial charge is 0.252 e. The van der Waals surface area contributed by atoms with Crippen LogP contribution >= 0.6 is 11.6 Å². The number of rotatable bonds is 4. The number of methoxy groups -OCH3 is 1. The molecule has 0 radical (unpaired) electrons. The first-order valence-corrected chi connectivity index (χ1v) is 5.06. The first kappa shape index (κ1) is 12.5. The number of benzene rings is 1. The molecule has 0 saturated heterocycles. The molecule has 86 valence electrons. The summed E-state index contributed by atoms with van der Waals surface area (Å²) in [5.74, 6) is 0.220. The Hall–Kier alpha value is -1.55. The van der Waals surface area contributed by atoms with E-state index in [1.54, 1.807) is 24.3 Å². The van der Waals surface area contributed by atoms with Gasteiger partial charge in [0, 0.05) is 5.56 Å². The summed E-state index contributed by atoms with van der Waals surface area (Å²) in [6.45, 7) is 1.52. The van der Waals surface area contributed by atoms with Crippen LogP contribution in [-0.4, -0.2) is 24.3 Å². The molecule has 16 heavy (non-hydrogen) atoms. The van der Waals surface area contributed by atoms with Gasteiger partial charge >= 0.3 is 0 Å². The number of ether oxygens (including phenoxy) is 1. The third-order valence-corrected chi connectivity index (χ3v) is 2.35. The average Bonchev–Trinajstić information content (AvgIpc) is 2.28. The van der Waals surface area contributed by atoms with Crippen LogP contribution in [0.5, 0.6) is 5.75 Å². The minimum atomic E-state index is -0.708. The topological polar surface area (TPSA) is 55.4 Å². The fraction of sp³-hybridized carbons (Fsp3) is 0.273. The molecule has 0 aliphatic heterocycles. The molecule has 0 bridgehead atoms. The zero-order valence-corrected chi connectivity index (χ0v) is 9.75. The van der Waals surface area contributed by atoms with E-state index in [9.17, 15) is 9.59 Å². The number of nitrogens with one attached hydrogen (secondary N) is 1. The van der Waals surface area contributed by atoms with E-state index in [0.717, 1.165) is 0 Å². The normalized spacial score (nSPS) is 11.7. The number of carbonyl (C=O) groups excluding carboxylic acids is 2. The van der Waals surface area contributed by atoms with E-state index >= 15 is 0 Å². The van der Waals surface area contributed by atoms with Gasteiger partial charge in [0.05, 0.1) is 7.11 Å². The summed E-state index contributed by atoms with van der Waals surface area (Å²) in [7, 11) is 1.52. The molecule has 0 saturated carbocycles. The second kappa shape index (κ2) is 5.51. The highest BCUT2D eigenvalue weighted by atomic mass is 35.5. The molecular formula is C11H12ClNO3. The lowest BCUT2D eigenvalue weighted by Crippen LogP contribution is -2.36. The summed E-state index contributed by atoms with van der Waals surface area (Å²) in [5.41, 5.74) is 0.420. The van der Waals surface area contributed by atoms with Crippen molar-refractivity contribution in [1.29, 1.82) is 0 Å². The molecule has 1 rings (SSSR count). The summed E-state index contributed by atoms with van der Waals surface area (Å²) < 4.78 is 4.98. The van der Waals surface area contributed by atoms with Crippen LogP contribution in [0.1, 0.15) is 17.3 Å². The Balaban J connectivity index is 2.76. The lowest BCUT2D eigenvalue weighted by Gasteiger charge is -2.09. The fourth-order valence-corrected chi connectivity index (χ4v) is 1.16. The lowest BCUT2D eigenvalue weighted by atomic mass is 10.2. The molecular weight excluding hydrogens is 230 g/mol. The molecule has 0 spiro atoms. The summed E-state index contributed by atoms with van der Waals surface area (Å²) in [4.78, 5) is 22.4. The fourth-order valence-electron chi connectivity index (χ4n) is 1.10. The number of hydrogen-bond donors (Lipinski definition) is 1. The molecule has 0 fully saturated rings. The zero-order chi connectivity index (χ0) is 12.1.